The number of ether oxygens (including phenoxy) is 3. The Bertz CT molecular complexity index is 678. The number of fused-ring (bicyclic) bond motifs is 1. The number of hydrogen-bond donors (Lipinski definition) is 0. The monoisotopic (exact) mass is 298 g/mol. The summed E-state index contributed by atoms with van der Waals surface area (Å²) < 4.78 is 15.9. The Balaban J connectivity index is 1.87. The average molecular weight is 298 g/mol. The third-order valence-electron chi connectivity index (χ3n) is 4.02. The van der Waals surface area contributed by atoms with Crippen LogP contribution in [0.25, 0.3) is 0 Å². The van der Waals surface area contributed by atoms with E-state index in [2.05, 4.69) is 0 Å². The molecule has 0 bridgehead atoms. The smallest absolute Gasteiger partial charge is 0.231 e. The summed E-state index contributed by atoms with van der Waals surface area (Å²) in [6.45, 7) is 2.19. The number of hydrogen-bond acceptors (Lipinski definition) is 4. The van der Waals surface area contributed by atoms with E-state index in [1.165, 1.54) is 0 Å². The lowest BCUT2D eigenvalue weighted by Crippen LogP contribution is -2.26. The van der Waals surface area contributed by atoms with Gasteiger partial charge < -0.3 is 19.0 Å². The normalized spacial score (nSPS) is 15.2. The van der Waals surface area contributed by atoms with E-state index in [0.717, 1.165) is 34.7 Å². The zero-order chi connectivity index (χ0) is 15.6. The zero-order valence-corrected chi connectivity index (χ0v) is 12.7. The molecule has 0 saturated carbocycles. The summed E-state index contributed by atoms with van der Waals surface area (Å²) in [7, 11) is 1.63. The van der Waals surface area contributed by atoms with Crippen LogP contribution < -0.4 is 14.2 Å². The molecule has 3 rings (SSSR count). The Hall–Kier alpha value is -2.49. The number of rotatable bonds is 5. The van der Waals surface area contributed by atoms with Crippen LogP contribution in [0.3, 0.4) is 0 Å². The number of aldehydes is 1. The lowest BCUT2D eigenvalue weighted by Gasteiger charge is -2.24. The van der Waals surface area contributed by atoms with Gasteiger partial charge >= 0.3 is 0 Å². The molecule has 1 unspecified atom stereocenters. The summed E-state index contributed by atoms with van der Waals surface area (Å²) in [5.41, 5.74) is 1.40. The summed E-state index contributed by atoms with van der Waals surface area (Å²) in [5.74, 6) is 2.27. The van der Waals surface area contributed by atoms with Crippen molar-refractivity contribution in [2.75, 3.05) is 13.9 Å². The van der Waals surface area contributed by atoms with Crippen molar-refractivity contribution in [2.24, 2.45) is 0 Å². The molecule has 0 aromatic heterocycles. The van der Waals surface area contributed by atoms with Gasteiger partial charge in [0, 0.05) is 0 Å². The fraction of sp³-hybridized carbons (Fsp3) is 0.278. The number of carbonyl (C=O) groups excluding carboxylic acids is 1. The van der Waals surface area contributed by atoms with Gasteiger partial charge in [0.1, 0.15) is 12.0 Å². The van der Waals surface area contributed by atoms with Gasteiger partial charge in [-0.05, 0) is 48.7 Å². The lowest BCUT2D eigenvalue weighted by atomic mass is 9.78. The molecular weight excluding hydrogens is 280 g/mol. The lowest BCUT2D eigenvalue weighted by molar-refractivity contribution is -0.112. The van der Waals surface area contributed by atoms with E-state index >= 15 is 0 Å². The molecule has 1 atom stereocenters. The van der Waals surface area contributed by atoms with Crippen molar-refractivity contribution in [2.45, 2.75) is 18.8 Å². The van der Waals surface area contributed by atoms with E-state index in [-0.39, 0.29) is 6.79 Å². The van der Waals surface area contributed by atoms with Crippen LogP contribution >= 0.6 is 0 Å². The van der Waals surface area contributed by atoms with Crippen LogP contribution in [0.5, 0.6) is 17.2 Å². The molecule has 1 heterocycles. The highest BCUT2D eigenvalue weighted by molar-refractivity contribution is 5.69. The molecule has 0 saturated heterocycles. The Morgan fingerprint density at radius 3 is 2.55 bits per heavy atom. The van der Waals surface area contributed by atoms with Crippen molar-refractivity contribution < 1.29 is 19.0 Å². The second-order valence-corrected chi connectivity index (χ2v) is 5.63. The van der Waals surface area contributed by atoms with Crippen molar-refractivity contribution in [1.82, 2.24) is 0 Å². The summed E-state index contributed by atoms with van der Waals surface area (Å²) in [6, 6.07) is 13.4. The van der Waals surface area contributed by atoms with Crippen LogP contribution in [0.15, 0.2) is 42.5 Å². The van der Waals surface area contributed by atoms with E-state index in [9.17, 15) is 4.79 Å². The Morgan fingerprint density at radius 1 is 1.14 bits per heavy atom. The highest BCUT2D eigenvalue weighted by Crippen LogP contribution is 2.35. The molecule has 0 spiro atoms. The van der Waals surface area contributed by atoms with Crippen LogP contribution in [0.2, 0.25) is 0 Å². The molecule has 0 N–H and O–H groups in total. The van der Waals surface area contributed by atoms with E-state index < -0.39 is 5.41 Å². The highest BCUT2D eigenvalue weighted by atomic mass is 16.7. The topological polar surface area (TPSA) is 44.8 Å². The van der Waals surface area contributed by atoms with Gasteiger partial charge in [0.15, 0.2) is 11.5 Å². The molecule has 22 heavy (non-hydrogen) atoms. The minimum atomic E-state index is -0.597. The maximum Gasteiger partial charge on any atom is 0.231 e. The van der Waals surface area contributed by atoms with E-state index in [1.54, 1.807) is 7.11 Å². The van der Waals surface area contributed by atoms with Crippen molar-refractivity contribution in [3.8, 4) is 17.2 Å². The van der Waals surface area contributed by atoms with Crippen molar-refractivity contribution in [1.29, 1.82) is 0 Å². The molecule has 2 aromatic rings. The molecular formula is C18H18O4. The molecule has 0 radical (unpaired) electrons. The maximum atomic E-state index is 11.7. The van der Waals surface area contributed by atoms with Crippen LogP contribution in [-0.2, 0) is 16.6 Å². The van der Waals surface area contributed by atoms with Gasteiger partial charge in [-0.3, -0.25) is 0 Å². The summed E-state index contributed by atoms with van der Waals surface area (Å²) >= 11 is 0. The van der Waals surface area contributed by atoms with Crippen molar-refractivity contribution in [3.05, 3.63) is 53.6 Å². The molecule has 0 fully saturated rings. The highest BCUT2D eigenvalue weighted by Gasteiger charge is 2.27. The summed E-state index contributed by atoms with van der Waals surface area (Å²) in [5, 5.41) is 0. The molecule has 4 nitrogen and oxygen atoms in total. The van der Waals surface area contributed by atoms with Crippen LogP contribution in [-0.4, -0.2) is 20.2 Å². The molecule has 1 aliphatic heterocycles. The van der Waals surface area contributed by atoms with E-state index in [4.69, 9.17) is 14.2 Å². The van der Waals surface area contributed by atoms with Gasteiger partial charge in [0.2, 0.25) is 6.79 Å². The van der Waals surface area contributed by atoms with E-state index in [0.29, 0.717) is 6.42 Å². The maximum absolute atomic E-state index is 11.7. The Labute approximate surface area is 129 Å². The quantitative estimate of drug-likeness (QED) is 0.796. The SMILES string of the molecule is COc1ccc(C(C)(C=O)Cc2ccc3c(c2)OCO3)cc1. The molecule has 2 aromatic carbocycles. The second kappa shape index (κ2) is 5.72. The molecule has 0 aliphatic carbocycles. The van der Waals surface area contributed by atoms with Gasteiger partial charge in [-0.2, -0.15) is 0 Å². The minimum Gasteiger partial charge on any atom is -0.497 e. The predicted octanol–water partition coefficient (Wildman–Crippen LogP) is 3.12. The second-order valence-electron chi connectivity index (χ2n) is 5.63. The van der Waals surface area contributed by atoms with Gasteiger partial charge in [0.25, 0.3) is 0 Å². The van der Waals surface area contributed by atoms with Crippen molar-refractivity contribution >= 4 is 6.29 Å². The van der Waals surface area contributed by atoms with Gasteiger partial charge in [-0.1, -0.05) is 18.2 Å². The van der Waals surface area contributed by atoms with Crippen LogP contribution in [0, 0.1) is 0 Å². The first-order valence-corrected chi connectivity index (χ1v) is 7.14. The van der Waals surface area contributed by atoms with E-state index in [1.807, 2.05) is 49.4 Å². The van der Waals surface area contributed by atoms with Crippen molar-refractivity contribution in [3.63, 3.8) is 0 Å². The molecule has 1 aliphatic rings. The summed E-state index contributed by atoms with van der Waals surface area (Å²) in [4.78, 5) is 11.7. The van der Waals surface area contributed by atoms with Gasteiger partial charge in [0.05, 0.1) is 12.5 Å². The minimum absolute atomic E-state index is 0.252. The predicted molar refractivity (Wildman–Crippen MR) is 82.7 cm³/mol. The first kappa shape index (κ1) is 14.4. The number of carbonyl (C=O) groups is 1. The van der Waals surface area contributed by atoms with Crippen LogP contribution in [0.1, 0.15) is 18.1 Å². The van der Waals surface area contributed by atoms with Gasteiger partial charge in [-0.25, -0.2) is 0 Å². The number of benzene rings is 2. The average Bonchev–Trinajstić information content (AvgIpc) is 3.02. The fourth-order valence-electron chi connectivity index (χ4n) is 2.66. The third kappa shape index (κ3) is 2.64. The zero-order valence-electron chi connectivity index (χ0n) is 12.7. The molecule has 4 heteroatoms. The fourth-order valence-corrected chi connectivity index (χ4v) is 2.66. The standard InChI is InChI=1S/C18H18O4/c1-18(11-19,14-4-6-15(20-2)7-5-14)10-13-3-8-16-17(9-13)22-12-21-16/h3-9,11H,10,12H2,1-2H3. The first-order chi connectivity index (χ1) is 10.6. The van der Waals surface area contributed by atoms with Crippen LogP contribution in [0.4, 0.5) is 0 Å². The molecule has 114 valence electrons. The largest absolute Gasteiger partial charge is 0.497 e. The molecule has 0 amide bonds. The number of methoxy groups -OCH3 is 1. The summed E-state index contributed by atoms with van der Waals surface area (Å²) in [6.07, 6.45) is 1.60. The first-order valence-electron chi connectivity index (χ1n) is 7.14. The Morgan fingerprint density at radius 2 is 1.86 bits per heavy atom. The van der Waals surface area contributed by atoms with Gasteiger partial charge in [-0.15, -0.1) is 0 Å². The Kier molecular flexibility index (Phi) is 3.75. The third-order valence-corrected chi connectivity index (χ3v) is 4.02.